The third-order valence-corrected chi connectivity index (χ3v) is 4.46. The number of anilines is 2. The van der Waals surface area contributed by atoms with E-state index in [2.05, 4.69) is 26.2 Å². The highest BCUT2D eigenvalue weighted by Gasteiger charge is 2.13. The maximum atomic E-state index is 11.0. The number of hydrogen-bond acceptors (Lipinski definition) is 3. The molecule has 0 spiro atoms. The Hall–Kier alpha value is -1.01. The number of carboxylic acids is 1. The predicted octanol–water partition coefficient (Wildman–Crippen LogP) is 5.25. The predicted molar refractivity (Wildman–Crippen MR) is 83.7 cm³/mol. The number of carbonyl (C=O) groups is 1. The van der Waals surface area contributed by atoms with Gasteiger partial charge in [-0.2, -0.15) is 0 Å². The molecule has 0 aliphatic heterocycles. The van der Waals surface area contributed by atoms with Crippen LogP contribution in [0.5, 0.6) is 0 Å². The third-order valence-electron chi connectivity index (χ3n) is 2.38. The Labute approximate surface area is 137 Å². The smallest absolute Gasteiger partial charge is 0.337 e. The van der Waals surface area contributed by atoms with Crippen LogP contribution in [-0.4, -0.2) is 16.1 Å². The van der Waals surface area contributed by atoms with Crippen LogP contribution in [0.3, 0.4) is 0 Å². The molecule has 104 valence electrons. The van der Waals surface area contributed by atoms with Crippen molar-refractivity contribution < 1.29 is 9.90 Å². The summed E-state index contributed by atoms with van der Waals surface area (Å²) in [6.45, 7) is 0. The van der Waals surface area contributed by atoms with Crippen LogP contribution in [0.25, 0.3) is 0 Å². The highest BCUT2D eigenvalue weighted by molar-refractivity contribution is 9.10. The fourth-order valence-corrected chi connectivity index (χ4v) is 2.44. The van der Waals surface area contributed by atoms with Crippen molar-refractivity contribution in [3.63, 3.8) is 0 Å². The van der Waals surface area contributed by atoms with E-state index in [1.165, 1.54) is 12.3 Å². The molecule has 0 aliphatic carbocycles. The van der Waals surface area contributed by atoms with Gasteiger partial charge >= 0.3 is 5.97 Å². The minimum absolute atomic E-state index is 0.0523. The molecule has 0 unspecified atom stereocenters. The van der Waals surface area contributed by atoms with Crippen LogP contribution < -0.4 is 5.32 Å². The van der Waals surface area contributed by atoms with E-state index in [4.69, 9.17) is 39.9 Å². The van der Waals surface area contributed by atoms with E-state index in [0.717, 1.165) is 0 Å². The summed E-state index contributed by atoms with van der Waals surface area (Å²) in [7, 11) is 0. The molecule has 2 rings (SSSR count). The van der Waals surface area contributed by atoms with Gasteiger partial charge in [0.15, 0.2) is 0 Å². The van der Waals surface area contributed by atoms with Crippen molar-refractivity contribution >= 4 is 68.2 Å². The van der Waals surface area contributed by atoms with E-state index in [0.29, 0.717) is 26.0 Å². The third kappa shape index (κ3) is 3.17. The number of aromatic carboxylic acids is 1. The maximum absolute atomic E-state index is 11.0. The minimum atomic E-state index is -1.14. The van der Waals surface area contributed by atoms with E-state index in [1.54, 1.807) is 12.1 Å². The Morgan fingerprint density at radius 2 is 1.95 bits per heavy atom. The minimum Gasteiger partial charge on any atom is -0.478 e. The van der Waals surface area contributed by atoms with Crippen molar-refractivity contribution in [1.29, 1.82) is 0 Å². The van der Waals surface area contributed by atoms with Crippen molar-refractivity contribution in [2.45, 2.75) is 0 Å². The van der Waals surface area contributed by atoms with Crippen LogP contribution in [0.15, 0.2) is 28.9 Å². The van der Waals surface area contributed by atoms with Crippen molar-refractivity contribution in [3.05, 3.63) is 49.5 Å². The second-order valence-corrected chi connectivity index (χ2v) is 5.72. The summed E-state index contributed by atoms with van der Waals surface area (Å²) >= 11 is 21.1. The normalized spacial score (nSPS) is 10.4. The number of nitrogens with zero attached hydrogens (tertiary/aromatic N) is 1. The Bertz CT molecular complexity index is 695. The molecule has 0 bridgehead atoms. The van der Waals surface area contributed by atoms with Gasteiger partial charge in [-0.25, -0.2) is 9.78 Å². The molecule has 1 aromatic heterocycles. The number of carboxylic acid groups (broad SMARTS) is 1. The van der Waals surface area contributed by atoms with Gasteiger partial charge in [0.1, 0.15) is 5.82 Å². The van der Waals surface area contributed by atoms with Gasteiger partial charge in [-0.1, -0.05) is 34.8 Å². The number of rotatable bonds is 3. The zero-order chi connectivity index (χ0) is 14.9. The summed E-state index contributed by atoms with van der Waals surface area (Å²) in [5.74, 6) is -0.840. The molecular weight excluding hydrogens is 390 g/mol. The summed E-state index contributed by atoms with van der Waals surface area (Å²) in [4.78, 5) is 15.0. The highest BCUT2D eigenvalue weighted by Crippen LogP contribution is 2.37. The molecule has 0 saturated carbocycles. The van der Waals surface area contributed by atoms with Crippen LogP contribution >= 0.6 is 50.7 Å². The van der Waals surface area contributed by atoms with Gasteiger partial charge in [-0.3, -0.25) is 0 Å². The topological polar surface area (TPSA) is 62.2 Å². The van der Waals surface area contributed by atoms with E-state index in [9.17, 15) is 4.79 Å². The molecule has 1 aromatic carbocycles. The van der Waals surface area contributed by atoms with Crippen molar-refractivity contribution in [2.75, 3.05) is 5.32 Å². The Kier molecular flexibility index (Phi) is 4.75. The lowest BCUT2D eigenvalue weighted by Gasteiger charge is -2.10. The summed E-state index contributed by atoms with van der Waals surface area (Å²) < 4.78 is 0.657. The van der Waals surface area contributed by atoms with Gasteiger partial charge < -0.3 is 10.4 Å². The molecule has 4 nitrogen and oxygen atoms in total. The molecule has 20 heavy (non-hydrogen) atoms. The number of halogens is 4. The first-order valence-electron chi connectivity index (χ1n) is 5.19. The molecule has 0 radical (unpaired) electrons. The molecule has 0 amide bonds. The van der Waals surface area contributed by atoms with Gasteiger partial charge in [-0.15, -0.1) is 0 Å². The second-order valence-electron chi connectivity index (χ2n) is 3.70. The largest absolute Gasteiger partial charge is 0.478 e. The van der Waals surface area contributed by atoms with E-state index in [-0.39, 0.29) is 10.6 Å². The lowest BCUT2D eigenvalue weighted by molar-refractivity contribution is 0.0697. The Morgan fingerprint density at radius 1 is 1.25 bits per heavy atom. The van der Waals surface area contributed by atoms with Gasteiger partial charge in [-0.05, 0) is 34.1 Å². The van der Waals surface area contributed by atoms with Crippen molar-refractivity contribution in [3.8, 4) is 0 Å². The standard InChI is InChI=1S/C12H6BrCl3N2O2/c13-6-1-2-8(11(16)10(6)15)18-9-3-5(12(19)20)7(14)4-17-9/h1-4H,(H,17,18)(H,19,20). The molecular formula is C12H6BrCl3N2O2. The zero-order valence-electron chi connectivity index (χ0n) is 9.62. The lowest BCUT2D eigenvalue weighted by Crippen LogP contribution is -2.01. The number of benzene rings is 1. The Morgan fingerprint density at radius 3 is 2.60 bits per heavy atom. The molecule has 0 saturated heterocycles. The summed E-state index contributed by atoms with van der Waals surface area (Å²) in [5, 5.41) is 12.6. The molecule has 8 heteroatoms. The summed E-state index contributed by atoms with van der Waals surface area (Å²) in [6, 6.07) is 4.72. The van der Waals surface area contributed by atoms with Crippen LogP contribution in [0.4, 0.5) is 11.5 Å². The first-order chi connectivity index (χ1) is 9.40. The molecule has 2 N–H and O–H groups in total. The average molecular weight is 396 g/mol. The SMILES string of the molecule is O=C(O)c1cc(Nc2ccc(Br)c(Cl)c2Cl)ncc1Cl. The molecule has 0 aliphatic rings. The molecule has 1 heterocycles. The Balaban J connectivity index is 2.38. The summed E-state index contributed by atoms with van der Waals surface area (Å²) in [6.07, 6.45) is 1.25. The van der Waals surface area contributed by atoms with Crippen LogP contribution in [0.1, 0.15) is 10.4 Å². The van der Waals surface area contributed by atoms with Gasteiger partial charge in [0, 0.05) is 10.7 Å². The van der Waals surface area contributed by atoms with Crippen molar-refractivity contribution in [1.82, 2.24) is 4.98 Å². The zero-order valence-corrected chi connectivity index (χ0v) is 13.5. The number of nitrogens with one attached hydrogen (secondary N) is 1. The quantitative estimate of drug-likeness (QED) is 0.696. The van der Waals surface area contributed by atoms with Gasteiger partial charge in [0.05, 0.1) is 26.3 Å². The van der Waals surface area contributed by atoms with Gasteiger partial charge in [0.25, 0.3) is 0 Å². The van der Waals surface area contributed by atoms with Gasteiger partial charge in [0.2, 0.25) is 0 Å². The number of pyridine rings is 1. The first-order valence-corrected chi connectivity index (χ1v) is 7.12. The summed E-state index contributed by atoms with van der Waals surface area (Å²) in [5.41, 5.74) is 0.453. The van der Waals surface area contributed by atoms with Crippen LogP contribution in [0, 0.1) is 0 Å². The molecule has 0 atom stereocenters. The number of hydrogen-bond donors (Lipinski definition) is 2. The number of aromatic nitrogens is 1. The first kappa shape index (κ1) is 15.4. The molecule has 0 fully saturated rings. The maximum Gasteiger partial charge on any atom is 0.337 e. The van der Waals surface area contributed by atoms with E-state index >= 15 is 0 Å². The average Bonchev–Trinajstić information content (AvgIpc) is 2.41. The highest BCUT2D eigenvalue weighted by atomic mass is 79.9. The fraction of sp³-hybridized carbons (Fsp3) is 0. The van der Waals surface area contributed by atoms with E-state index < -0.39 is 5.97 Å². The lowest BCUT2D eigenvalue weighted by atomic mass is 10.2. The van der Waals surface area contributed by atoms with Crippen LogP contribution in [-0.2, 0) is 0 Å². The monoisotopic (exact) mass is 394 g/mol. The molecule has 2 aromatic rings. The van der Waals surface area contributed by atoms with Crippen LogP contribution in [0.2, 0.25) is 15.1 Å². The van der Waals surface area contributed by atoms with Crippen molar-refractivity contribution in [2.24, 2.45) is 0 Å². The second kappa shape index (κ2) is 6.18. The van der Waals surface area contributed by atoms with E-state index in [1.807, 2.05) is 0 Å². The fourth-order valence-electron chi connectivity index (χ4n) is 1.43.